The Hall–Kier alpha value is -12.3. The second kappa shape index (κ2) is 18.6. The molecule has 6 aromatic heterocycles. The Morgan fingerprint density at radius 1 is 0.200 bits per heavy atom. The fourth-order valence-corrected chi connectivity index (χ4v) is 14.3. The van der Waals surface area contributed by atoms with Crippen molar-refractivity contribution in [2.45, 2.75) is 0 Å². The molecule has 6 heterocycles. The average Bonchev–Trinajstić information content (AvgIpc) is 1.68. The molecule has 0 saturated heterocycles. The summed E-state index contributed by atoms with van der Waals surface area (Å²) in [6, 6.07) is 97.5. The Labute approximate surface area is 511 Å². The standard InChI is InChI=1S/C82H46N2O6/c1-3-17-47(18-4-1)53-37-39-63-57-23-9-13-31-71(57)89-81(63)77(53)83(67-27-15-25-61-55-21-7-11-29-69(55)87-79(61)67)51-33-35-59-65-41-49-44-74-66(42-50(49)43-73(65)85-75(59)45-51)60-36-34-52(46-76(60)86-74)84(68-28-16-26-62-56-22-8-12-30-70(56)88-80(62)68)78-54(48-19-5-2-6-20-48)38-40-64-58-24-10-14-32-72(58)90-82(64)78/h1-46H. The van der Waals surface area contributed by atoms with Gasteiger partial charge in [0.25, 0.3) is 0 Å². The van der Waals surface area contributed by atoms with Gasteiger partial charge < -0.3 is 36.3 Å². The van der Waals surface area contributed by atoms with Gasteiger partial charge in [0, 0.05) is 87.9 Å². The van der Waals surface area contributed by atoms with E-state index < -0.39 is 0 Å². The highest BCUT2D eigenvalue weighted by Gasteiger charge is 2.30. The van der Waals surface area contributed by atoms with Crippen LogP contribution in [0.2, 0.25) is 0 Å². The fraction of sp³-hybridized carbons (Fsp3) is 0. The molecule has 20 aromatic rings. The normalized spacial score (nSPS) is 12.2. The number of para-hydroxylation sites is 6. The van der Waals surface area contributed by atoms with E-state index in [1.54, 1.807) is 0 Å². The van der Waals surface area contributed by atoms with Gasteiger partial charge in [-0.2, -0.15) is 0 Å². The molecular weight excluding hydrogens is 1110 g/mol. The predicted octanol–water partition coefficient (Wildman–Crippen LogP) is 24.5. The molecule has 14 aromatic carbocycles. The van der Waals surface area contributed by atoms with Gasteiger partial charge in [-0.15, -0.1) is 0 Å². The molecule has 20 rings (SSSR count). The van der Waals surface area contributed by atoms with Gasteiger partial charge in [-0.25, -0.2) is 0 Å². The van der Waals surface area contributed by atoms with Crippen molar-refractivity contribution in [1.82, 2.24) is 0 Å². The molecule has 0 aliphatic rings. The lowest BCUT2D eigenvalue weighted by Gasteiger charge is -2.28. The number of rotatable bonds is 8. The third-order valence-corrected chi connectivity index (χ3v) is 18.4. The van der Waals surface area contributed by atoms with Crippen LogP contribution in [0.25, 0.3) is 165 Å². The maximum atomic E-state index is 7.04. The number of nitrogens with zero attached hydrogens (tertiary/aromatic N) is 2. The number of fused-ring (bicyclic) bond motifs is 19. The van der Waals surface area contributed by atoms with E-state index in [1.165, 1.54) is 0 Å². The Bertz CT molecular complexity index is 5990. The number of furan rings is 6. The SMILES string of the molecule is c1ccc(-c2ccc3c(oc4ccccc43)c2N(c2ccc3c(c2)oc2cc4cc5c(cc4cc23)oc2cc(N(c3cccc4c3oc3ccccc34)c3c(-c4ccccc4)ccc4c3oc3ccccc34)ccc25)c2cccc3c2oc2ccccc23)cc1. The van der Waals surface area contributed by atoms with Gasteiger partial charge in [0.05, 0.1) is 34.1 Å². The van der Waals surface area contributed by atoms with E-state index in [4.69, 9.17) is 26.5 Å². The van der Waals surface area contributed by atoms with Crippen LogP contribution in [0.3, 0.4) is 0 Å². The molecule has 0 fully saturated rings. The van der Waals surface area contributed by atoms with Crippen LogP contribution in [0, 0.1) is 0 Å². The van der Waals surface area contributed by atoms with Crippen molar-refractivity contribution in [3.05, 3.63) is 279 Å². The van der Waals surface area contributed by atoms with Crippen LogP contribution in [0.15, 0.2) is 306 Å². The van der Waals surface area contributed by atoms with Crippen molar-refractivity contribution in [2.75, 3.05) is 9.80 Å². The highest BCUT2D eigenvalue weighted by Crippen LogP contribution is 2.53. The first kappa shape index (κ1) is 48.9. The number of hydrogen-bond donors (Lipinski definition) is 0. The second-order valence-electron chi connectivity index (χ2n) is 23.4. The van der Waals surface area contributed by atoms with Crippen LogP contribution < -0.4 is 9.80 Å². The molecule has 8 nitrogen and oxygen atoms in total. The molecular formula is C82H46N2O6. The zero-order valence-corrected chi connectivity index (χ0v) is 47.9. The molecule has 0 bridgehead atoms. The highest BCUT2D eigenvalue weighted by molar-refractivity contribution is 6.21. The van der Waals surface area contributed by atoms with Gasteiger partial charge in [0.2, 0.25) is 0 Å². The van der Waals surface area contributed by atoms with Crippen molar-refractivity contribution in [2.24, 2.45) is 0 Å². The minimum absolute atomic E-state index is 0.746. The maximum absolute atomic E-state index is 7.04. The first-order valence-corrected chi connectivity index (χ1v) is 30.3. The molecule has 8 heteroatoms. The summed E-state index contributed by atoms with van der Waals surface area (Å²) in [5.74, 6) is 0. The van der Waals surface area contributed by atoms with Crippen LogP contribution in [-0.4, -0.2) is 0 Å². The summed E-state index contributed by atoms with van der Waals surface area (Å²) < 4.78 is 41.8. The summed E-state index contributed by atoms with van der Waals surface area (Å²) in [6.45, 7) is 0. The van der Waals surface area contributed by atoms with Crippen LogP contribution in [0.4, 0.5) is 34.1 Å². The Kier molecular flexibility index (Phi) is 10.1. The molecule has 0 spiro atoms. The zero-order valence-electron chi connectivity index (χ0n) is 47.9. The van der Waals surface area contributed by atoms with Crippen LogP contribution >= 0.6 is 0 Å². The molecule has 0 radical (unpaired) electrons. The number of hydrogen-bond acceptors (Lipinski definition) is 8. The topological polar surface area (TPSA) is 85.3 Å². The molecule has 0 aliphatic carbocycles. The lowest BCUT2D eigenvalue weighted by molar-refractivity contribution is 0.665. The van der Waals surface area contributed by atoms with Gasteiger partial charge in [-0.3, -0.25) is 0 Å². The molecule has 90 heavy (non-hydrogen) atoms. The third kappa shape index (κ3) is 7.12. The lowest BCUT2D eigenvalue weighted by atomic mass is 9.98. The van der Waals surface area contributed by atoms with E-state index in [-0.39, 0.29) is 0 Å². The van der Waals surface area contributed by atoms with Gasteiger partial charge in [0.1, 0.15) is 44.7 Å². The van der Waals surface area contributed by atoms with Crippen molar-refractivity contribution in [1.29, 1.82) is 0 Å². The van der Waals surface area contributed by atoms with Gasteiger partial charge in [-0.05, 0) is 119 Å². The fourth-order valence-electron chi connectivity index (χ4n) is 14.3. The van der Waals surface area contributed by atoms with E-state index in [9.17, 15) is 0 Å². The predicted molar refractivity (Wildman–Crippen MR) is 368 cm³/mol. The summed E-state index contributed by atoms with van der Waals surface area (Å²) in [5, 5.41) is 14.3. The molecule has 0 aliphatic heterocycles. The summed E-state index contributed by atoms with van der Waals surface area (Å²) >= 11 is 0. The quantitative estimate of drug-likeness (QED) is 0.149. The Morgan fingerprint density at radius 2 is 0.522 bits per heavy atom. The van der Waals surface area contributed by atoms with Crippen LogP contribution in [0.1, 0.15) is 0 Å². The van der Waals surface area contributed by atoms with E-state index in [2.05, 4.69) is 240 Å². The highest BCUT2D eigenvalue weighted by atomic mass is 16.4. The maximum Gasteiger partial charge on any atom is 0.160 e. The monoisotopic (exact) mass is 1150 g/mol. The molecule has 420 valence electrons. The van der Waals surface area contributed by atoms with Crippen molar-refractivity contribution in [3.8, 4) is 22.3 Å². The number of anilines is 6. The van der Waals surface area contributed by atoms with Gasteiger partial charge in [0.15, 0.2) is 22.3 Å². The minimum Gasteiger partial charge on any atom is -0.456 e. The summed E-state index contributed by atoms with van der Waals surface area (Å²) in [4.78, 5) is 4.59. The van der Waals surface area contributed by atoms with E-state index in [1.807, 2.05) is 48.5 Å². The second-order valence-corrected chi connectivity index (χ2v) is 23.4. The van der Waals surface area contributed by atoms with Crippen LogP contribution in [-0.2, 0) is 0 Å². The van der Waals surface area contributed by atoms with E-state index in [0.717, 1.165) is 199 Å². The van der Waals surface area contributed by atoms with Crippen molar-refractivity contribution in [3.63, 3.8) is 0 Å². The van der Waals surface area contributed by atoms with Gasteiger partial charge in [-0.1, -0.05) is 170 Å². The van der Waals surface area contributed by atoms with E-state index in [0.29, 0.717) is 0 Å². The zero-order chi connectivity index (χ0) is 58.7. The smallest absolute Gasteiger partial charge is 0.160 e. The van der Waals surface area contributed by atoms with Crippen molar-refractivity contribution >= 4 is 177 Å². The molecule has 0 N–H and O–H groups in total. The average molecular weight is 1160 g/mol. The molecule has 0 atom stereocenters. The largest absolute Gasteiger partial charge is 0.456 e. The summed E-state index contributed by atoms with van der Waals surface area (Å²) in [6.07, 6.45) is 0. The minimum atomic E-state index is 0.746. The Morgan fingerprint density at radius 3 is 0.933 bits per heavy atom. The molecule has 0 saturated carbocycles. The van der Waals surface area contributed by atoms with Crippen molar-refractivity contribution < 1.29 is 26.5 Å². The van der Waals surface area contributed by atoms with E-state index >= 15 is 0 Å². The summed E-state index contributed by atoms with van der Waals surface area (Å²) in [5.41, 5.74) is 18.8. The molecule has 0 unspecified atom stereocenters. The number of benzene rings is 14. The summed E-state index contributed by atoms with van der Waals surface area (Å²) in [7, 11) is 0. The Balaban J connectivity index is 0.764. The first-order chi connectivity index (χ1) is 44.6. The molecule has 0 amide bonds. The third-order valence-electron chi connectivity index (χ3n) is 18.4. The van der Waals surface area contributed by atoms with Gasteiger partial charge >= 0.3 is 0 Å². The lowest BCUT2D eigenvalue weighted by Crippen LogP contribution is -2.12. The van der Waals surface area contributed by atoms with Crippen LogP contribution in [0.5, 0.6) is 0 Å². The first-order valence-electron chi connectivity index (χ1n) is 30.3.